The summed E-state index contributed by atoms with van der Waals surface area (Å²) >= 11 is 0. The maximum absolute atomic E-state index is 11.5. The van der Waals surface area contributed by atoms with Crippen LogP contribution in [0.1, 0.15) is 40.5 Å². The molecule has 0 saturated heterocycles. The first-order valence-electron chi connectivity index (χ1n) is 5.56. The Bertz CT molecular complexity index is 242. The smallest absolute Gasteiger partial charge is 1.00 e. The minimum absolute atomic E-state index is 0. The maximum Gasteiger partial charge on any atom is 1.00 e. The number of carboxylic acids is 1. The molecule has 0 aromatic carbocycles. The van der Waals surface area contributed by atoms with Gasteiger partial charge < -0.3 is 11.3 Å². The molecule has 5 heteroatoms. The fourth-order valence-corrected chi connectivity index (χ4v) is 2.19. The molecule has 88 valence electrons. The van der Waals surface area contributed by atoms with E-state index in [2.05, 4.69) is 0 Å². The molecule has 0 radical (unpaired) electrons. The molecule has 0 aromatic heterocycles. The van der Waals surface area contributed by atoms with Crippen LogP contribution in [-0.4, -0.2) is 23.7 Å². The summed E-state index contributed by atoms with van der Waals surface area (Å²) in [6, 6.07) is 0. The molecule has 1 aliphatic rings. The molecule has 1 saturated carbocycles. The van der Waals surface area contributed by atoms with E-state index in [0.717, 1.165) is 32.1 Å². The Balaban J connectivity index is 0. The third kappa shape index (κ3) is 4.19. The third-order valence-corrected chi connectivity index (χ3v) is 2.93. The first-order valence-corrected chi connectivity index (χ1v) is 5.56. The van der Waals surface area contributed by atoms with E-state index in [1.807, 2.05) is 0 Å². The van der Waals surface area contributed by atoms with Gasteiger partial charge in [-0.25, -0.2) is 0 Å². The van der Waals surface area contributed by atoms with Crippen molar-refractivity contribution in [2.24, 2.45) is 11.8 Å². The number of carbonyl (C=O) groups is 2. The number of aliphatic carboxylic acids is 1. The van der Waals surface area contributed by atoms with Gasteiger partial charge in [-0.3, -0.25) is 9.59 Å². The summed E-state index contributed by atoms with van der Waals surface area (Å²) in [5.41, 5.74) is 0. The van der Waals surface area contributed by atoms with Crippen LogP contribution in [0.25, 0.3) is 0 Å². The SMILES string of the molecule is CCOC(=O)C(C(=O)O)C1CCCCC1.[H-].[Li+]. The van der Waals surface area contributed by atoms with E-state index in [1.165, 1.54) is 0 Å². The third-order valence-electron chi connectivity index (χ3n) is 2.93. The molecular formula is C11H19LiO4. The summed E-state index contributed by atoms with van der Waals surface area (Å²) in [7, 11) is 0. The molecule has 0 heterocycles. The van der Waals surface area contributed by atoms with Crippen LogP contribution in [0.3, 0.4) is 0 Å². The van der Waals surface area contributed by atoms with Crippen molar-refractivity contribution >= 4 is 11.9 Å². The van der Waals surface area contributed by atoms with E-state index >= 15 is 0 Å². The van der Waals surface area contributed by atoms with Crippen LogP contribution in [0.5, 0.6) is 0 Å². The molecule has 0 amide bonds. The van der Waals surface area contributed by atoms with Gasteiger partial charge in [0.25, 0.3) is 0 Å². The monoisotopic (exact) mass is 222 g/mol. The number of ether oxygens (including phenoxy) is 1. The average Bonchev–Trinajstić information content (AvgIpc) is 2.19. The molecule has 0 aromatic rings. The van der Waals surface area contributed by atoms with E-state index in [4.69, 9.17) is 9.84 Å². The first kappa shape index (κ1) is 15.5. The second kappa shape index (κ2) is 7.75. The topological polar surface area (TPSA) is 63.6 Å². The largest absolute Gasteiger partial charge is 1.00 e. The van der Waals surface area contributed by atoms with Gasteiger partial charge in [-0.2, -0.15) is 0 Å². The van der Waals surface area contributed by atoms with Gasteiger partial charge in [0.15, 0.2) is 5.92 Å². The van der Waals surface area contributed by atoms with E-state index in [-0.39, 0.29) is 32.8 Å². The molecular weight excluding hydrogens is 203 g/mol. The van der Waals surface area contributed by atoms with Gasteiger partial charge in [-0.15, -0.1) is 0 Å². The Morgan fingerprint density at radius 1 is 1.38 bits per heavy atom. The molecule has 0 spiro atoms. The van der Waals surface area contributed by atoms with E-state index in [0.29, 0.717) is 0 Å². The normalized spacial score (nSPS) is 18.3. The molecule has 1 aliphatic carbocycles. The van der Waals surface area contributed by atoms with Crippen LogP contribution in [0, 0.1) is 11.8 Å². The van der Waals surface area contributed by atoms with Gasteiger partial charge in [0, 0.05) is 0 Å². The predicted molar refractivity (Wildman–Crippen MR) is 55.4 cm³/mol. The Hall–Kier alpha value is -0.463. The molecule has 1 N–H and O–H groups in total. The van der Waals surface area contributed by atoms with Gasteiger partial charge in [0.2, 0.25) is 0 Å². The van der Waals surface area contributed by atoms with Crippen LogP contribution >= 0.6 is 0 Å². The van der Waals surface area contributed by atoms with Crippen LogP contribution < -0.4 is 18.9 Å². The van der Waals surface area contributed by atoms with Crippen molar-refractivity contribution in [3.05, 3.63) is 0 Å². The second-order valence-electron chi connectivity index (χ2n) is 3.97. The van der Waals surface area contributed by atoms with Gasteiger partial charge in [-0.05, 0) is 25.7 Å². The van der Waals surface area contributed by atoms with Gasteiger partial charge in [0.05, 0.1) is 6.61 Å². The predicted octanol–water partition coefficient (Wildman–Crippen LogP) is -1.05. The summed E-state index contributed by atoms with van der Waals surface area (Å²) in [5.74, 6) is -2.60. The van der Waals surface area contributed by atoms with Crippen molar-refractivity contribution in [2.75, 3.05) is 6.61 Å². The quantitative estimate of drug-likeness (QED) is 0.374. The Morgan fingerprint density at radius 2 is 1.94 bits per heavy atom. The molecule has 4 nitrogen and oxygen atoms in total. The fraction of sp³-hybridized carbons (Fsp3) is 0.818. The van der Waals surface area contributed by atoms with Crippen LogP contribution in [0.2, 0.25) is 0 Å². The van der Waals surface area contributed by atoms with Crippen LogP contribution in [0.4, 0.5) is 0 Å². The number of rotatable bonds is 4. The summed E-state index contributed by atoms with van der Waals surface area (Å²) in [6.07, 6.45) is 4.85. The summed E-state index contributed by atoms with van der Waals surface area (Å²) in [5, 5.41) is 9.02. The van der Waals surface area contributed by atoms with Crippen LogP contribution in [-0.2, 0) is 14.3 Å². The number of hydrogen-bond acceptors (Lipinski definition) is 3. The van der Waals surface area contributed by atoms with Crippen molar-refractivity contribution < 1.29 is 39.7 Å². The van der Waals surface area contributed by atoms with Crippen molar-refractivity contribution in [1.29, 1.82) is 0 Å². The molecule has 16 heavy (non-hydrogen) atoms. The fourth-order valence-electron chi connectivity index (χ4n) is 2.19. The number of hydrogen-bond donors (Lipinski definition) is 1. The number of carboxylic acid groups (broad SMARTS) is 1. The Morgan fingerprint density at radius 3 is 2.38 bits per heavy atom. The summed E-state index contributed by atoms with van der Waals surface area (Å²) in [6.45, 7) is 1.94. The zero-order valence-electron chi connectivity index (χ0n) is 11.1. The number of carbonyl (C=O) groups excluding carboxylic acids is 1. The summed E-state index contributed by atoms with van der Waals surface area (Å²) < 4.78 is 4.80. The molecule has 1 fully saturated rings. The molecule has 0 aliphatic heterocycles. The minimum atomic E-state index is -1.04. The average molecular weight is 222 g/mol. The number of esters is 1. The summed E-state index contributed by atoms with van der Waals surface area (Å²) in [4.78, 5) is 22.5. The van der Waals surface area contributed by atoms with Crippen molar-refractivity contribution in [2.45, 2.75) is 39.0 Å². The second-order valence-corrected chi connectivity index (χ2v) is 3.97. The molecule has 1 rings (SSSR count). The Labute approximate surface area is 109 Å². The molecule has 1 atom stereocenters. The van der Waals surface area contributed by atoms with Crippen molar-refractivity contribution in [3.63, 3.8) is 0 Å². The van der Waals surface area contributed by atoms with E-state index < -0.39 is 17.9 Å². The van der Waals surface area contributed by atoms with Crippen molar-refractivity contribution in [1.82, 2.24) is 0 Å². The van der Waals surface area contributed by atoms with Gasteiger partial charge in [-0.1, -0.05) is 19.3 Å². The minimum Gasteiger partial charge on any atom is -1.00 e. The Kier molecular flexibility index (Phi) is 7.53. The van der Waals surface area contributed by atoms with Gasteiger partial charge in [0.1, 0.15) is 0 Å². The van der Waals surface area contributed by atoms with Crippen LogP contribution in [0.15, 0.2) is 0 Å². The van der Waals surface area contributed by atoms with E-state index in [1.54, 1.807) is 6.92 Å². The maximum atomic E-state index is 11.5. The molecule has 0 bridgehead atoms. The standard InChI is InChI=1S/C11H18O4.Li.H/c1-2-15-11(14)9(10(12)13)8-6-4-3-5-7-8;;/h8-9H,2-7H2,1H3,(H,12,13);;/q;+1;-1. The van der Waals surface area contributed by atoms with Gasteiger partial charge >= 0.3 is 30.8 Å². The zero-order chi connectivity index (χ0) is 11.3. The first-order chi connectivity index (χ1) is 7.16. The van der Waals surface area contributed by atoms with Crippen molar-refractivity contribution in [3.8, 4) is 0 Å². The van der Waals surface area contributed by atoms with E-state index in [9.17, 15) is 9.59 Å². The zero-order valence-corrected chi connectivity index (χ0v) is 10.1. The molecule has 1 unspecified atom stereocenters.